The van der Waals surface area contributed by atoms with E-state index in [0.29, 0.717) is 0 Å². The fourth-order valence-corrected chi connectivity index (χ4v) is 10.3. The lowest BCUT2D eigenvalue weighted by Gasteiger charge is -2.19. The van der Waals surface area contributed by atoms with Crippen molar-refractivity contribution in [2.24, 2.45) is 0 Å². The van der Waals surface area contributed by atoms with E-state index in [4.69, 9.17) is 4.42 Å². The van der Waals surface area contributed by atoms with E-state index in [-0.39, 0.29) is 0 Å². The molecule has 0 aliphatic heterocycles. The van der Waals surface area contributed by atoms with Gasteiger partial charge in [-0.05, 0) is 120 Å². The summed E-state index contributed by atoms with van der Waals surface area (Å²) in [5.41, 5.74) is 14.7. The van der Waals surface area contributed by atoms with E-state index in [2.05, 4.69) is 229 Å². The van der Waals surface area contributed by atoms with Gasteiger partial charge in [-0.25, -0.2) is 0 Å². The van der Waals surface area contributed by atoms with Crippen LogP contribution >= 0.6 is 0 Å². The van der Waals surface area contributed by atoms with E-state index in [0.717, 1.165) is 44.3 Å². The van der Waals surface area contributed by atoms with Crippen LogP contribution in [-0.4, -0.2) is 4.57 Å². The van der Waals surface area contributed by atoms with Crippen LogP contribution in [-0.2, 0) is 0 Å². The normalized spacial score (nSPS) is 11.9. The Morgan fingerprint density at radius 1 is 0.306 bits per heavy atom. The summed E-state index contributed by atoms with van der Waals surface area (Å²) < 4.78 is 9.43. The highest BCUT2D eigenvalue weighted by atomic mass is 16.3. The Bertz CT molecular complexity index is 3800. The molecule has 0 aliphatic carbocycles. The third-order valence-corrected chi connectivity index (χ3v) is 13.0. The molecule has 0 spiro atoms. The molecule has 0 aliphatic rings. The minimum Gasteiger partial charge on any atom is -0.455 e. The molecule has 0 amide bonds. The van der Waals surface area contributed by atoms with Crippen molar-refractivity contribution in [3.8, 4) is 50.2 Å². The zero-order valence-electron chi connectivity index (χ0n) is 33.7. The van der Waals surface area contributed by atoms with Gasteiger partial charge in [0.25, 0.3) is 0 Å². The number of furan rings is 1. The van der Waals surface area contributed by atoms with E-state index in [1.807, 2.05) is 0 Å². The van der Waals surface area contributed by atoms with Crippen LogP contribution in [0.25, 0.3) is 126 Å². The van der Waals surface area contributed by atoms with E-state index in [9.17, 15) is 0 Å². The summed E-state index contributed by atoms with van der Waals surface area (Å²) in [5.74, 6) is 0. The minimum atomic E-state index is 0.864. The third-order valence-electron chi connectivity index (χ3n) is 13.0. The second kappa shape index (κ2) is 13.7. The van der Waals surface area contributed by atoms with Crippen molar-refractivity contribution < 1.29 is 4.42 Å². The van der Waals surface area contributed by atoms with Gasteiger partial charge in [0.15, 0.2) is 0 Å². The summed E-state index contributed by atoms with van der Waals surface area (Å²) >= 11 is 0. The number of hydrogen-bond acceptors (Lipinski definition) is 1. The van der Waals surface area contributed by atoms with Crippen LogP contribution in [0.3, 0.4) is 0 Å². The van der Waals surface area contributed by atoms with Gasteiger partial charge in [-0.2, -0.15) is 0 Å². The summed E-state index contributed by atoms with van der Waals surface area (Å²) in [4.78, 5) is 0. The summed E-state index contributed by atoms with van der Waals surface area (Å²) in [7, 11) is 0. The molecule has 2 heterocycles. The summed E-state index contributed by atoms with van der Waals surface area (Å²) in [6.45, 7) is 0. The minimum absolute atomic E-state index is 0.864. The van der Waals surface area contributed by atoms with Gasteiger partial charge in [0, 0.05) is 32.8 Å². The predicted octanol–water partition coefficient (Wildman–Crippen LogP) is 16.8. The molecule has 0 fully saturated rings. The Balaban J connectivity index is 1.13. The molecular weight excluding hydrogens is 751 g/mol. The maximum absolute atomic E-state index is 7.04. The molecule has 288 valence electrons. The number of hydrogen-bond donors (Lipinski definition) is 0. The summed E-state index contributed by atoms with van der Waals surface area (Å²) in [5, 5.41) is 12.0. The molecule has 0 saturated carbocycles. The monoisotopic (exact) mass is 787 g/mol. The van der Waals surface area contributed by atoms with E-state index < -0.39 is 0 Å². The molecule has 0 radical (unpaired) electrons. The molecule has 0 unspecified atom stereocenters. The first-order chi connectivity index (χ1) is 30.8. The average molecular weight is 788 g/mol. The first-order valence-electron chi connectivity index (χ1n) is 21.3. The van der Waals surface area contributed by atoms with Crippen LogP contribution in [0.5, 0.6) is 0 Å². The smallest absolute Gasteiger partial charge is 0.143 e. The second-order valence-corrected chi connectivity index (χ2v) is 16.3. The van der Waals surface area contributed by atoms with Crippen molar-refractivity contribution in [3.63, 3.8) is 0 Å². The van der Waals surface area contributed by atoms with Crippen LogP contribution in [0.1, 0.15) is 0 Å². The first-order valence-corrected chi connectivity index (χ1v) is 21.3. The van der Waals surface area contributed by atoms with Crippen LogP contribution in [0.15, 0.2) is 229 Å². The largest absolute Gasteiger partial charge is 0.455 e. The highest BCUT2D eigenvalue weighted by Crippen LogP contribution is 2.48. The lowest BCUT2D eigenvalue weighted by atomic mass is 9.84. The van der Waals surface area contributed by atoms with Gasteiger partial charge in [0.2, 0.25) is 0 Å². The lowest BCUT2D eigenvalue weighted by molar-refractivity contribution is 0.670. The Morgan fingerprint density at radius 3 is 1.44 bits per heavy atom. The molecule has 2 nitrogen and oxygen atoms in total. The van der Waals surface area contributed by atoms with E-state index in [1.165, 1.54) is 81.9 Å². The number of nitrogens with zero attached hydrogens (tertiary/aromatic N) is 1. The van der Waals surface area contributed by atoms with Crippen molar-refractivity contribution in [1.29, 1.82) is 0 Å². The van der Waals surface area contributed by atoms with Crippen molar-refractivity contribution in [2.75, 3.05) is 0 Å². The van der Waals surface area contributed by atoms with Gasteiger partial charge in [-0.1, -0.05) is 176 Å². The van der Waals surface area contributed by atoms with Gasteiger partial charge in [-0.15, -0.1) is 0 Å². The fraction of sp³-hybridized carbons (Fsp3) is 0. The zero-order chi connectivity index (χ0) is 40.7. The number of fused-ring (bicyclic) bond motifs is 9. The predicted molar refractivity (Wildman–Crippen MR) is 262 cm³/mol. The van der Waals surface area contributed by atoms with E-state index >= 15 is 0 Å². The topological polar surface area (TPSA) is 18.1 Å². The Morgan fingerprint density at radius 2 is 0.806 bits per heavy atom. The van der Waals surface area contributed by atoms with Crippen LogP contribution in [0.4, 0.5) is 0 Å². The maximum atomic E-state index is 7.04. The van der Waals surface area contributed by atoms with E-state index in [1.54, 1.807) is 0 Å². The maximum Gasteiger partial charge on any atom is 0.143 e. The molecule has 0 N–H and O–H groups in total. The van der Waals surface area contributed by atoms with Gasteiger partial charge in [0.05, 0.1) is 11.0 Å². The molecule has 0 saturated heterocycles. The van der Waals surface area contributed by atoms with Crippen molar-refractivity contribution >= 4 is 76.1 Å². The summed E-state index contributed by atoms with van der Waals surface area (Å²) in [6.07, 6.45) is 0. The highest BCUT2D eigenvalue weighted by molar-refractivity contribution is 6.24. The fourth-order valence-electron chi connectivity index (χ4n) is 10.3. The van der Waals surface area contributed by atoms with Crippen LogP contribution < -0.4 is 0 Å². The molecule has 2 heteroatoms. The van der Waals surface area contributed by atoms with Crippen molar-refractivity contribution in [2.45, 2.75) is 0 Å². The Labute approximate surface area is 358 Å². The van der Waals surface area contributed by atoms with Crippen LogP contribution in [0, 0.1) is 0 Å². The molecule has 2 aromatic heterocycles. The number of para-hydroxylation sites is 2. The van der Waals surface area contributed by atoms with Gasteiger partial charge in [0.1, 0.15) is 11.2 Å². The Hall–Kier alpha value is -8.20. The SMILES string of the molecule is c1ccc(-c2c3ccccc3c(-c3cc(-c4ccc(-c5ccccc5)c5oc6ccc(-n7c8ccccc8c8ccccc87)cc6c45)c4ccccc4c3)c3ccccc23)cc1. The molecule has 62 heavy (non-hydrogen) atoms. The average Bonchev–Trinajstić information content (AvgIpc) is 3.89. The van der Waals surface area contributed by atoms with Crippen LogP contribution in [0.2, 0.25) is 0 Å². The lowest BCUT2D eigenvalue weighted by Crippen LogP contribution is -1.93. The third kappa shape index (κ3) is 5.17. The van der Waals surface area contributed by atoms with Gasteiger partial charge in [-0.3, -0.25) is 0 Å². The first kappa shape index (κ1) is 34.6. The molecule has 0 bridgehead atoms. The zero-order valence-corrected chi connectivity index (χ0v) is 33.7. The molecule has 11 aromatic carbocycles. The standard InChI is InChI=1S/C60H37NO/c1-3-17-38(18-4-1)44-32-33-51(59-53-37-42(31-34-56(53)62-60(44)59)61-54-29-15-13-23-45(54)46-24-14-16-30-55(46)61)52-36-41(35-40-21-7-8-22-43(40)52)58-49-27-11-9-25-47(49)57(39-19-5-2-6-20-39)48-26-10-12-28-50(48)58/h1-37H. The van der Waals surface area contributed by atoms with Crippen molar-refractivity contribution in [3.05, 3.63) is 224 Å². The van der Waals surface area contributed by atoms with Gasteiger partial charge < -0.3 is 8.98 Å². The Kier molecular flexibility index (Phi) is 7.64. The number of benzene rings is 11. The number of aromatic nitrogens is 1. The molecular formula is C60H37NO. The highest BCUT2D eigenvalue weighted by Gasteiger charge is 2.23. The second-order valence-electron chi connectivity index (χ2n) is 16.3. The van der Waals surface area contributed by atoms with Gasteiger partial charge >= 0.3 is 0 Å². The molecule has 13 rings (SSSR count). The summed E-state index contributed by atoms with van der Waals surface area (Å²) in [6, 6.07) is 81.7. The van der Waals surface area contributed by atoms with Crippen molar-refractivity contribution in [1.82, 2.24) is 4.57 Å². The molecule has 0 atom stereocenters. The quantitative estimate of drug-likeness (QED) is 0.159. The molecule has 13 aromatic rings. The number of rotatable bonds is 5.